The molecule has 0 aliphatic rings. The fraction of sp³-hybridized carbons (Fsp3) is 1.00. The van der Waals surface area contributed by atoms with E-state index in [1.165, 1.54) is 0 Å². The molecule has 0 saturated carbocycles. The van der Waals surface area contributed by atoms with Gasteiger partial charge in [0, 0.05) is 0 Å². The molecule has 0 fully saturated rings. The molecule has 0 unspecified atom stereocenters. The molecule has 0 bridgehead atoms. The van der Waals surface area contributed by atoms with E-state index in [0.717, 1.165) is 0 Å². The van der Waals surface area contributed by atoms with Crippen LogP contribution in [0.2, 0.25) is 0 Å². The Labute approximate surface area is 48.7 Å². The summed E-state index contributed by atoms with van der Waals surface area (Å²) in [5.41, 5.74) is 0. The van der Waals surface area contributed by atoms with E-state index in [9.17, 15) is 0 Å². The molecule has 8 heavy (non-hydrogen) atoms. The van der Waals surface area contributed by atoms with E-state index < -0.39 is 7.94 Å². The number of hydrogen-bond acceptors (Lipinski definition) is 4. The van der Waals surface area contributed by atoms with Crippen molar-refractivity contribution in [1.29, 1.82) is 0 Å². The summed E-state index contributed by atoms with van der Waals surface area (Å²) in [6.45, 7) is 0.440. The summed E-state index contributed by atoms with van der Waals surface area (Å²) in [5.74, 6) is 0. The minimum atomic E-state index is -3.74. The van der Waals surface area contributed by atoms with Crippen LogP contribution in [0.3, 0.4) is 0 Å². The van der Waals surface area contributed by atoms with Gasteiger partial charge in [0.05, 0.1) is 0 Å². The molecule has 0 amide bonds. The van der Waals surface area contributed by atoms with Gasteiger partial charge >= 0.3 is 47.7 Å². The van der Waals surface area contributed by atoms with Crippen LogP contribution in [-0.2, 0) is 0 Å². The molecule has 0 aliphatic heterocycles. The fourth-order valence-corrected chi connectivity index (χ4v) is 0.878. The predicted molar refractivity (Wildman–Crippen MR) is 33.8 cm³/mol. The van der Waals surface area contributed by atoms with Crippen LogP contribution in [0.5, 0.6) is 0 Å². The van der Waals surface area contributed by atoms with Crippen LogP contribution >= 0.6 is 7.94 Å². The molecule has 0 aromatic rings. The summed E-state index contributed by atoms with van der Waals surface area (Å²) in [6.07, 6.45) is 0.0590. The second kappa shape index (κ2) is 3.33. The maximum absolute atomic E-state index is 8.36. The van der Waals surface area contributed by atoms with Gasteiger partial charge in [-0.05, 0) is 0 Å². The first-order valence-electron chi connectivity index (χ1n) is 2.38. The quantitative estimate of drug-likeness (QED) is 0.368. The molecular weight excluding hydrogens is 129 g/mol. The van der Waals surface area contributed by atoms with Crippen molar-refractivity contribution >= 4 is 7.94 Å². The average molecular weight is 141 g/mol. The van der Waals surface area contributed by atoms with Crippen LogP contribution < -0.4 is 5.32 Å². The van der Waals surface area contributed by atoms with Crippen molar-refractivity contribution in [3.8, 4) is 0 Å². The van der Waals surface area contributed by atoms with Crippen LogP contribution in [0, 0.1) is 0 Å². The summed E-state index contributed by atoms with van der Waals surface area (Å²) < 4.78 is 0. The molecule has 0 atom stereocenters. The van der Waals surface area contributed by atoms with Crippen molar-refractivity contribution in [2.24, 2.45) is 0 Å². The maximum atomic E-state index is 8.36. The van der Waals surface area contributed by atoms with Gasteiger partial charge in [0.2, 0.25) is 0 Å². The van der Waals surface area contributed by atoms with E-state index in [1.807, 2.05) is 0 Å². The Morgan fingerprint density at radius 3 is 2.00 bits per heavy atom. The van der Waals surface area contributed by atoms with Crippen molar-refractivity contribution < 1.29 is 14.7 Å². The molecule has 0 aromatic carbocycles. The van der Waals surface area contributed by atoms with Crippen molar-refractivity contribution in [3.63, 3.8) is 0 Å². The summed E-state index contributed by atoms with van der Waals surface area (Å²) in [6, 6.07) is 0. The van der Waals surface area contributed by atoms with E-state index in [2.05, 4.69) is 5.32 Å². The average Bonchev–Trinajstić information content (AvgIpc) is 1.59. The van der Waals surface area contributed by atoms with E-state index in [4.69, 9.17) is 14.7 Å². The van der Waals surface area contributed by atoms with Gasteiger partial charge < -0.3 is 0 Å². The Bertz CT molecular complexity index is 62.0. The van der Waals surface area contributed by atoms with E-state index in [0.29, 0.717) is 6.54 Å². The van der Waals surface area contributed by atoms with Crippen LogP contribution in [0.1, 0.15) is 0 Å². The molecular formula is C3H12NO3P. The monoisotopic (exact) mass is 141 g/mol. The predicted octanol–water partition coefficient (Wildman–Crippen LogP) is -1.32. The summed E-state index contributed by atoms with van der Waals surface area (Å²) in [7, 11) is -2.06. The van der Waals surface area contributed by atoms with Crippen LogP contribution in [0.15, 0.2) is 0 Å². The van der Waals surface area contributed by atoms with Gasteiger partial charge in [-0.15, -0.1) is 0 Å². The van der Waals surface area contributed by atoms with Gasteiger partial charge in [-0.3, -0.25) is 0 Å². The van der Waals surface area contributed by atoms with Crippen LogP contribution in [-0.4, -0.2) is 34.4 Å². The van der Waals surface area contributed by atoms with Crippen molar-refractivity contribution in [3.05, 3.63) is 0 Å². The molecule has 0 saturated heterocycles. The molecule has 0 aromatic heterocycles. The second-order valence-corrected chi connectivity index (χ2v) is 3.68. The van der Waals surface area contributed by atoms with Gasteiger partial charge in [-0.2, -0.15) is 0 Å². The second-order valence-electron chi connectivity index (χ2n) is 1.63. The molecule has 0 heterocycles. The third-order valence-corrected chi connectivity index (χ3v) is 1.63. The van der Waals surface area contributed by atoms with E-state index in [-0.39, 0.29) is 6.16 Å². The standard InChI is InChI=1S/C3H12NO3P/c1-4-2-3-8(5,6)7/h4-8H,2-3H2,1H3. The molecule has 5 heteroatoms. The number of hydrogen-bond donors (Lipinski definition) is 4. The SMILES string of the molecule is CNCC[PH](O)(O)O. The summed E-state index contributed by atoms with van der Waals surface area (Å²) in [5, 5.41) is 2.68. The molecule has 52 valence electrons. The summed E-state index contributed by atoms with van der Waals surface area (Å²) >= 11 is 0. The zero-order valence-corrected chi connectivity index (χ0v) is 5.76. The van der Waals surface area contributed by atoms with Gasteiger partial charge in [0.25, 0.3) is 0 Å². The Morgan fingerprint density at radius 1 is 1.38 bits per heavy atom. The van der Waals surface area contributed by atoms with Gasteiger partial charge in [-0.1, -0.05) is 0 Å². The molecule has 0 spiro atoms. The Morgan fingerprint density at radius 2 is 1.88 bits per heavy atom. The molecule has 0 rings (SSSR count). The van der Waals surface area contributed by atoms with E-state index in [1.54, 1.807) is 7.05 Å². The zero-order valence-electron chi connectivity index (χ0n) is 4.76. The van der Waals surface area contributed by atoms with Crippen LogP contribution in [0.4, 0.5) is 0 Å². The third-order valence-electron chi connectivity index (χ3n) is 0.710. The first-order valence-corrected chi connectivity index (χ1v) is 4.43. The van der Waals surface area contributed by atoms with Gasteiger partial charge in [0.15, 0.2) is 0 Å². The van der Waals surface area contributed by atoms with Crippen molar-refractivity contribution in [2.45, 2.75) is 0 Å². The molecule has 0 radical (unpaired) electrons. The van der Waals surface area contributed by atoms with Crippen molar-refractivity contribution in [1.82, 2.24) is 5.32 Å². The number of nitrogens with one attached hydrogen (secondary N) is 1. The van der Waals surface area contributed by atoms with Crippen molar-refractivity contribution in [2.75, 3.05) is 19.8 Å². The summed E-state index contributed by atoms with van der Waals surface area (Å²) in [4.78, 5) is 25.1. The third kappa shape index (κ3) is 6.27. The van der Waals surface area contributed by atoms with E-state index >= 15 is 0 Å². The Kier molecular flexibility index (Phi) is 3.44. The molecule has 0 aliphatic carbocycles. The van der Waals surface area contributed by atoms with Gasteiger partial charge in [0.1, 0.15) is 0 Å². The topological polar surface area (TPSA) is 72.7 Å². The normalized spacial score (nSPS) is 14.0. The Balaban J connectivity index is 3.11. The molecule has 4 nitrogen and oxygen atoms in total. The first-order chi connectivity index (χ1) is 3.56. The minimum absolute atomic E-state index is 0.0590. The Hall–Kier alpha value is 0.270. The fourth-order valence-electron chi connectivity index (χ4n) is 0.293. The van der Waals surface area contributed by atoms with Crippen LogP contribution in [0.25, 0.3) is 0 Å². The first kappa shape index (κ1) is 8.27. The van der Waals surface area contributed by atoms with Gasteiger partial charge in [-0.25, -0.2) is 0 Å². The molecule has 4 N–H and O–H groups in total. The zero-order chi connectivity index (χ0) is 6.62. The number of rotatable bonds is 3.